The van der Waals surface area contributed by atoms with Crippen LogP contribution in [0.2, 0.25) is 0 Å². The number of carbonyl (C=O) groups is 1. The van der Waals surface area contributed by atoms with Gasteiger partial charge in [-0.1, -0.05) is 46.8 Å². The minimum absolute atomic E-state index is 0.148. The van der Waals surface area contributed by atoms with E-state index in [-0.39, 0.29) is 17.3 Å². The number of allylic oxidation sites excluding steroid dienone is 2. The van der Waals surface area contributed by atoms with Crippen molar-refractivity contribution in [2.24, 2.45) is 35.0 Å². The molecule has 6 atom stereocenters. The number of esters is 1. The number of rotatable bonds is 5. The van der Waals surface area contributed by atoms with E-state index in [1.807, 2.05) is 0 Å². The molecule has 2 saturated carbocycles. The lowest BCUT2D eigenvalue weighted by molar-refractivity contribution is -0.196. The zero-order chi connectivity index (χ0) is 18.4. The van der Waals surface area contributed by atoms with Crippen molar-refractivity contribution in [1.29, 1.82) is 0 Å². The maximum absolute atomic E-state index is 11.7. The summed E-state index contributed by atoms with van der Waals surface area (Å²) in [6.45, 7) is 11.6. The number of hydrogen-bond donors (Lipinski definition) is 1. The van der Waals surface area contributed by atoms with Crippen LogP contribution in [0.4, 0.5) is 0 Å². The number of hydrogen-bond acceptors (Lipinski definition) is 3. The Morgan fingerprint density at radius 1 is 1.28 bits per heavy atom. The fraction of sp³-hybridized carbons (Fsp3) is 0.773. The topological polar surface area (TPSA) is 46.5 Å². The molecule has 0 amide bonds. The van der Waals surface area contributed by atoms with Crippen molar-refractivity contribution in [2.45, 2.75) is 72.5 Å². The lowest BCUT2D eigenvalue weighted by atomic mass is 9.60. The lowest BCUT2D eigenvalue weighted by Gasteiger charge is -2.47. The molecular formula is C22H34O3. The van der Waals surface area contributed by atoms with Gasteiger partial charge in [0, 0.05) is 18.1 Å². The van der Waals surface area contributed by atoms with Crippen LogP contribution in [-0.4, -0.2) is 16.9 Å². The van der Waals surface area contributed by atoms with Crippen LogP contribution < -0.4 is 0 Å². The molecular weight excluding hydrogens is 312 g/mol. The molecule has 3 nitrogen and oxygen atoms in total. The van der Waals surface area contributed by atoms with Crippen LogP contribution in [0.15, 0.2) is 23.8 Å². The van der Waals surface area contributed by atoms with Gasteiger partial charge in [0.2, 0.25) is 5.79 Å². The van der Waals surface area contributed by atoms with E-state index in [1.165, 1.54) is 6.42 Å². The standard InChI is InChI=1S/C22H34O3/c1-6-16(14(2)3)8-7-15(4)17-9-10-18-19-13-20(23)25-22(19,24)12-11-21(17,18)5/h7-8,13-18,24H,6,9-12H2,1-5H3/t15-,16+,17-,18?,21-,22+/m1/s1. The maximum Gasteiger partial charge on any atom is 0.333 e. The first kappa shape index (κ1) is 18.7. The molecule has 2 fully saturated rings. The number of fused-ring (bicyclic) bond motifs is 3. The van der Waals surface area contributed by atoms with Crippen LogP contribution in [0.3, 0.4) is 0 Å². The van der Waals surface area contributed by atoms with Gasteiger partial charge in [-0.2, -0.15) is 0 Å². The highest BCUT2D eigenvalue weighted by Gasteiger charge is 2.59. The fourth-order valence-electron chi connectivity index (χ4n) is 5.78. The Hall–Kier alpha value is -1.09. The van der Waals surface area contributed by atoms with Crippen molar-refractivity contribution in [2.75, 3.05) is 0 Å². The van der Waals surface area contributed by atoms with Crippen molar-refractivity contribution in [3.63, 3.8) is 0 Å². The molecule has 1 aliphatic heterocycles. The summed E-state index contributed by atoms with van der Waals surface area (Å²) in [5, 5.41) is 10.7. The summed E-state index contributed by atoms with van der Waals surface area (Å²) < 4.78 is 5.23. The molecule has 0 radical (unpaired) electrons. The van der Waals surface area contributed by atoms with Gasteiger partial charge in [0.15, 0.2) is 0 Å². The molecule has 3 rings (SSSR count). The highest BCUT2D eigenvalue weighted by Crippen LogP contribution is 2.62. The van der Waals surface area contributed by atoms with Crippen LogP contribution in [0.25, 0.3) is 0 Å². The molecule has 140 valence electrons. The van der Waals surface area contributed by atoms with E-state index in [0.29, 0.717) is 30.1 Å². The molecule has 3 aliphatic rings. The van der Waals surface area contributed by atoms with Crippen LogP contribution in [0, 0.1) is 35.0 Å². The lowest BCUT2D eigenvalue weighted by Crippen LogP contribution is -2.46. The minimum Gasteiger partial charge on any atom is -0.426 e. The van der Waals surface area contributed by atoms with E-state index in [4.69, 9.17) is 4.74 Å². The molecule has 0 bridgehead atoms. The van der Waals surface area contributed by atoms with Gasteiger partial charge in [0.1, 0.15) is 0 Å². The Kier molecular flexibility index (Phi) is 4.91. The maximum atomic E-state index is 11.7. The van der Waals surface area contributed by atoms with Crippen molar-refractivity contribution in [1.82, 2.24) is 0 Å². The van der Waals surface area contributed by atoms with Gasteiger partial charge in [-0.05, 0) is 60.7 Å². The third-order valence-corrected chi connectivity index (χ3v) is 7.41. The molecule has 2 aliphatic carbocycles. The van der Waals surface area contributed by atoms with Crippen LogP contribution in [-0.2, 0) is 9.53 Å². The van der Waals surface area contributed by atoms with Crippen molar-refractivity contribution in [3.05, 3.63) is 23.8 Å². The second-order valence-electron chi connectivity index (χ2n) is 9.11. The van der Waals surface area contributed by atoms with Gasteiger partial charge in [0.05, 0.1) is 0 Å². The summed E-state index contributed by atoms with van der Waals surface area (Å²) in [5.41, 5.74) is 0.994. The average Bonchev–Trinajstić information content (AvgIpc) is 3.03. The zero-order valence-electron chi connectivity index (χ0n) is 16.4. The normalized spacial score (nSPS) is 40.0. The molecule has 0 saturated heterocycles. The van der Waals surface area contributed by atoms with E-state index in [0.717, 1.165) is 24.8 Å². The summed E-state index contributed by atoms with van der Waals surface area (Å²) >= 11 is 0. The third kappa shape index (κ3) is 3.09. The monoisotopic (exact) mass is 346 g/mol. The Balaban J connectivity index is 1.79. The summed E-state index contributed by atoms with van der Waals surface area (Å²) in [6.07, 6.45) is 11.3. The second-order valence-corrected chi connectivity index (χ2v) is 9.11. The van der Waals surface area contributed by atoms with E-state index in [1.54, 1.807) is 6.08 Å². The third-order valence-electron chi connectivity index (χ3n) is 7.41. The molecule has 0 aromatic rings. The van der Waals surface area contributed by atoms with Gasteiger partial charge in [-0.25, -0.2) is 4.79 Å². The first-order valence-corrected chi connectivity index (χ1v) is 10.1. The Morgan fingerprint density at radius 3 is 2.64 bits per heavy atom. The minimum atomic E-state index is -1.32. The molecule has 1 heterocycles. The van der Waals surface area contributed by atoms with Gasteiger partial charge >= 0.3 is 5.97 Å². The van der Waals surface area contributed by atoms with E-state index >= 15 is 0 Å². The van der Waals surface area contributed by atoms with Gasteiger partial charge < -0.3 is 9.84 Å². The smallest absolute Gasteiger partial charge is 0.333 e. The zero-order valence-corrected chi connectivity index (χ0v) is 16.4. The number of ether oxygens (including phenoxy) is 1. The Morgan fingerprint density at radius 2 is 2.00 bits per heavy atom. The predicted molar refractivity (Wildman–Crippen MR) is 99.6 cm³/mol. The van der Waals surface area contributed by atoms with Crippen molar-refractivity contribution < 1.29 is 14.6 Å². The van der Waals surface area contributed by atoms with E-state index in [2.05, 4.69) is 46.8 Å². The molecule has 3 heteroatoms. The predicted octanol–water partition coefficient (Wildman–Crippen LogP) is 4.86. The molecule has 25 heavy (non-hydrogen) atoms. The SMILES string of the molecule is CC[C@@H](C=C[C@@H](C)[C@H]1CCC2C3=CC(=O)O[C@@]3(O)CC[C@@]21C)C(C)C. The van der Waals surface area contributed by atoms with Crippen LogP contribution in [0.5, 0.6) is 0 Å². The van der Waals surface area contributed by atoms with E-state index < -0.39 is 5.79 Å². The van der Waals surface area contributed by atoms with Crippen LogP contribution >= 0.6 is 0 Å². The molecule has 1 N–H and O–H groups in total. The highest BCUT2D eigenvalue weighted by atomic mass is 16.7. The summed E-state index contributed by atoms with van der Waals surface area (Å²) in [4.78, 5) is 11.7. The van der Waals surface area contributed by atoms with Crippen LogP contribution in [0.1, 0.15) is 66.7 Å². The highest BCUT2D eigenvalue weighted by molar-refractivity contribution is 5.86. The van der Waals surface area contributed by atoms with Gasteiger partial charge in [-0.15, -0.1) is 0 Å². The fourth-order valence-corrected chi connectivity index (χ4v) is 5.78. The van der Waals surface area contributed by atoms with Crippen molar-refractivity contribution >= 4 is 5.97 Å². The molecule has 1 unspecified atom stereocenters. The molecule has 0 aromatic carbocycles. The van der Waals surface area contributed by atoms with E-state index in [9.17, 15) is 9.90 Å². The Bertz CT molecular complexity index is 590. The van der Waals surface area contributed by atoms with Gasteiger partial charge in [-0.3, -0.25) is 0 Å². The summed E-state index contributed by atoms with van der Waals surface area (Å²) in [5.74, 6) is 1.02. The quantitative estimate of drug-likeness (QED) is 0.571. The van der Waals surface area contributed by atoms with Gasteiger partial charge in [0.25, 0.3) is 0 Å². The number of carbonyl (C=O) groups excluding carboxylic acids is 1. The summed E-state index contributed by atoms with van der Waals surface area (Å²) in [7, 11) is 0. The largest absolute Gasteiger partial charge is 0.426 e. The second kappa shape index (κ2) is 6.57. The first-order chi connectivity index (χ1) is 11.7. The average molecular weight is 347 g/mol. The molecule has 0 spiro atoms. The Labute approximate surface area is 152 Å². The van der Waals surface area contributed by atoms with Crippen molar-refractivity contribution in [3.8, 4) is 0 Å². The molecule has 0 aromatic heterocycles. The summed E-state index contributed by atoms with van der Waals surface area (Å²) in [6, 6.07) is 0. The first-order valence-electron chi connectivity index (χ1n) is 10.1. The number of aliphatic hydroxyl groups is 1.